The molecular formula is C54H68F4N18O3. The number of aliphatic hydroxyl groups is 2. The monoisotopic (exact) mass is 1090 g/mol. The van der Waals surface area contributed by atoms with Crippen molar-refractivity contribution in [2.75, 3.05) is 73.6 Å². The predicted molar refractivity (Wildman–Crippen MR) is 300 cm³/mol. The molecule has 4 unspecified atom stereocenters. The molecule has 3 aliphatic rings. The van der Waals surface area contributed by atoms with Crippen molar-refractivity contribution in [3.63, 3.8) is 0 Å². The third kappa shape index (κ3) is 11.4. The first-order valence-corrected chi connectivity index (χ1v) is 25.9. The Morgan fingerprint density at radius 2 is 1.03 bits per heavy atom. The van der Waals surface area contributed by atoms with Gasteiger partial charge in [-0.25, -0.2) is 47.5 Å². The first-order chi connectivity index (χ1) is 37.9. The van der Waals surface area contributed by atoms with E-state index in [4.69, 9.17) is 0 Å². The van der Waals surface area contributed by atoms with Crippen molar-refractivity contribution in [3.8, 4) is 34.2 Å². The van der Waals surface area contributed by atoms with Crippen LogP contribution in [-0.4, -0.2) is 165 Å². The fourth-order valence-electron chi connectivity index (χ4n) is 9.70. The van der Waals surface area contributed by atoms with Gasteiger partial charge in [-0.05, 0) is 99.5 Å². The molecule has 4 atom stereocenters. The van der Waals surface area contributed by atoms with E-state index in [-0.39, 0.29) is 47.2 Å². The predicted octanol–water partition coefficient (Wildman–Crippen LogP) is 6.47. The third-order valence-corrected chi connectivity index (χ3v) is 14.6. The summed E-state index contributed by atoms with van der Waals surface area (Å²) < 4.78 is 58.0. The van der Waals surface area contributed by atoms with Gasteiger partial charge < -0.3 is 40.9 Å². The Morgan fingerprint density at radius 3 is 1.46 bits per heavy atom. The normalized spacial score (nSPS) is 18.2. The lowest BCUT2D eigenvalue weighted by atomic mass is 9.81. The molecule has 12 rings (SSSR count). The van der Waals surface area contributed by atoms with Crippen LogP contribution >= 0.6 is 0 Å². The van der Waals surface area contributed by atoms with Crippen LogP contribution in [0.25, 0.3) is 67.3 Å². The lowest BCUT2D eigenvalue weighted by molar-refractivity contribution is -0.120. The Balaban J connectivity index is 0.000000196. The highest BCUT2D eigenvalue weighted by Crippen LogP contribution is 2.34. The molecule has 25 heteroatoms. The highest BCUT2D eigenvalue weighted by atomic mass is 19.1. The average molecular weight is 1090 g/mol. The molecule has 420 valence electrons. The van der Waals surface area contributed by atoms with Gasteiger partial charge in [-0.1, -0.05) is 13.8 Å². The van der Waals surface area contributed by atoms with Crippen molar-refractivity contribution in [1.29, 1.82) is 0 Å². The number of nitrogens with zero attached hydrogens (tertiary/aromatic N) is 12. The number of anilines is 3. The molecule has 0 bridgehead atoms. The second-order valence-corrected chi connectivity index (χ2v) is 20.5. The smallest absolute Gasteiger partial charge is 0.239 e. The summed E-state index contributed by atoms with van der Waals surface area (Å²) in [5.74, 6) is 0.525. The van der Waals surface area contributed by atoms with Crippen LogP contribution in [0.2, 0.25) is 0 Å². The minimum absolute atomic E-state index is 0. The van der Waals surface area contributed by atoms with Crippen molar-refractivity contribution in [2.45, 2.75) is 64.1 Å². The molecule has 8 N–H and O–H groups in total. The summed E-state index contributed by atoms with van der Waals surface area (Å²) in [7, 11) is 0. The number of halogens is 4. The van der Waals surface area contributed by atoms with Gasteiger partial charge in [-0.15, -0.1) is 0 Å². The Bertz CT molecular complexity index is 3630. The number of hydrogen-bond donors (Lipinski definition) is 8. The highest BCUT2D eigenvalue weighted by Gasteiger charge is 2.47. The number of amides is 1. The van der Waals surface area contributed by atoms with E-state index in [9.17, 15) is 32.6 Å². The molecule has 0 aliphatic carbocycles. The number of hydrogen-bond acceptors (Lipinski definition) is 17. The first-order valence-electron chi connectivity index (χ1n) is 25.9. The lowest BCUT2D eigenvalue weighted by Gasteiger charge is -2.45. The standard InChI is InChI=1S/C20H24F2N6O.C19H23FN6O.C15H13FN6O.4H2/c1-19(2,22)20(3,29)14-11-28(10-9-23-14)15-7-6-13(21)17(25-15)16-12-5-4-8-24-18(12)27-26-16;1-11(2)18(27)14-10-26(9-8-21-14)15-6-5-13(20)17(23-15)16-12-4-3-7-22-19(12)25-24-16;16-10-3-4-11(22-7-6-17-12(23)8-22)19-14(10)13-9-2-1-5-18-15(9)21-20-13;;;;/h4-8,14,23,29H,9-11H2,1-3H3,(H,24,26,27);3-7,11,14,18,21,27H,8-10H2,1-2H3,(H,22,24,25);1-5H,6-8H2,(H,17,23)(H,18,20,21);4*1H. The number of rotatable bonds is 10. The number of carbonyl (C=O) groups is 1. The third-order valence-electron chi connectivity index (χ3n) is 14.6. The van der Waals surface area contributed by atoms with Gasteiger partial charge in [0.15, 0.2) is 34.4 Å². The van der Waals surface area contributed by atoms with Gasteiger partial charge in [0.1, 0.15) is 45.8 Å². The fraction of sp³-hybridized carbons (Fsp3) is 0.370. The summed E-state index contributed by atoms with van der Waals surface area (Å²) in [4.78, 5) is 43.3. The summed E-state index contributed by atoms with van der Waals surface area (Å²) in [5.41, 5.74) is 0.135. The van der Waals surface area contributed by atoms with Crippen molar-refractivity contribution in [3.05, 3.63) is 109 Å². The molecule has 21 nitrogen and oxygen atoms in total. The van der Waals surface area contributed by atoms with Crippen LogP contribution < -0.4 is 30.7 Å². The molecular weight excluding hydrogens is 1020 g/mol. The molecule has 3 saturated heterocycles. The zero-order valence-electron chi connectivity index (χ0n) is 44.0. The summed E-state index contributed by atoms with van der Waals surface area (Å²) >= 11 is 0. The van der Waals surface area contributed by atoms with Gasteiger partial charge >= 0.3 is 0 Å². The van der Waals surface area contributed by atoms with Crippen molar-refractivity contribution < 1.29 is 38.3 Å². The quantitative estimate of drug-likeness (QED) is 0.0682. The van der Waals surface area contributed by atoms with Gasteiger partial charge in [0, 0.05) is 92.8 Å². The average Bonchev–Trinajstić information content (AvgIpc) is 4.45. The first kappa shape index (κ1) is 54.1. The van der Waals surface area contributed by atoms with E-state index in [1.807, 2.05) is 35.8 Å². The molecule has 1 amide bonds. The minimum atomic E-state index is -1.79. The molecule has 3 aliphatic heterocycles. The van der Waals surface area contributed by atoms with Crippen LogP contribution in [0.1, 0.15) is 40.3 Å². The zero-order valence-corrected chi connectivity index (χ0v) is 44.0. The topological polar surface area (TPSA) is 267 Å². The van der Waals surface area contributed by atoms with Crippen molar-refractivity contribution in [1.82, 2.24) is 76.4 Å². The summed E-state index contributed by atoms with van der Waals surface area (Å²) in [6, 6.07) is 19.2. The second kappa shape index (κ2) is 22.6. The number of aliphatic hydroxyl groups excluding tert-OH is 1. The number of pyridine rings is 6. The van der Waals surface area contributed by atoms with Gasteiger partial charge in [-0.2, -0.15) is 15.3 Å². The van der Waals surface area contributed by atoms with E-state index in [0.29, 0.717) is 102 Å². The van der Waals surface area contributed by atoms with Crippen LogP contribution in [0.15, 0.2) is 91.4 Å². The van der Waals surface area contributed by atoms with Crippen LogP contribution in [-0.2, 0) is 4.79 Å². The highest BCUT2D eigenvalue weighted by molar-refractivity contribution is 5.92. The van der Waals surface area contributed by atoms with E-state index in [1.165, 1.54) is 39.0 Å². The van der Waals surface area contributed by atoms with E-state index in [0.717, 1.165) is 18.5 Å². The van der Waals surface area contributed by atoms with Gasteiger partial charge in [0.25, 0.3) is 0 Å². The number of nitrogens with one attached hydrogen (secondary N) is 6. The summed E-state index contributed by atoms with van der Waals surface area (Å²) in [5, 5.41) is 53.3. The molecule has 9 aromatic heterocycles. The Hall–Kier alpha value is -8.26. The number of piperazine rings is 3. The van der Waals surface area contributed by atoms with Crippen molar-refractivity contribution >= 4 is 56.5 Å². The number of carbonyl (C=O) groups excluding carboxylic acids is 1. The zero-order chi connectivity index (χ0) is 55.6. The molecule has 79 heavy (non-hydrogen) atoms. The fourth-order valence-corrected chi connectivity index (χ4v) is 9.70. The van der Waals surface area contributed by atoms with Gasteiger partial charge in [-0.3, -0.25) is 20.1 Å². The summed E-state index contributed by atoms with van der Waals surface area (Å²) in [6.07, 6.45) is 4.44. The number of alkyl halides is 1. The molecule has 0 saturated carbocycles. The van der Waals surface area contributed by atoms with Gasteiger partial charge in [0.2, 0.25) is 5.91 Å². The number of aromatic nitrogens is 12. The van der Waals surface area contributed by atoms with E-state index in [2.05, 4.69) is 81.3 Å². The molecule has 0 spiro atoms. The Morgan fingerprint density at radius 1 is 0.608 bits per heavy atom. The molecule has 9 aromatic rings. The SMILES string of the molecule is CC(C)(F)C(C)(O)C1CN(c2ccc(F)c(-c3[nH]nc4ncccc34)n2)CCN1.CC(C)C(O)C1CN(c2ccc(F)c(-c3[nH]nc4ncccc34)n2)CCN1.O=C1CN(c2ccc(F)c(-c3[nH]nc4ncccc34)n2)CCN1.[HH].[HH].[HH].[HH]. The Labute approximate surface area is 456 Å². The van der Waals surface area contributed by atoms with Gasteiger partial charge in [0.05, 0.1) is 41.8 Å². The maximum Gasteiger partial charge on any atom is 0.239 e. The van der Waals surface area contributed by atoms with Crippen LogP contribution in [0.5, 0.6) is 0 Å². The number of fused-ring (bicyclic) bond motifs is 3. The number of aromatic amines is 3. The maximum absolute atomic E-state index is 14.6. The van der Waals surface area contributed by atoms with Crippen LogP contribution in [0, 0.1) is 23.4 Å². The molecule has 0 radical (unpaired) electrons. The largest absolute Gasteiger partial charge is 0.391 e. The maximum atomic E-state index is 14.6. The van der Waals surface area contributed by atoms with Crippen molar-refractivity contribution in [2.24, 2.45) is 5.92 Å². The Kier molecular flexibility index (Phi) is 15.5. The minimum Gasteiger partial charge on any atom is -0.391 e. The van der Waals surface area contributed by atoms with Crippen LogP contribution in [0.4, 0.5) is 35.0 Å². The number of H-pyrrole nitrogens is 3. The van der Waals surface area contributed by atoms with Crippen LogP contribution in [0.3, 0.4) is 0 Å². The second-order valence-electron chi connectivity index (χ2n) is 20.5. The van der Waals surface area contributed by atoms with E-state index in [1.54, 1.807) is 61.1 Å². The molecule has 12 heterocycles. The van der Waals surface area contributed by atoms with E-state index < -0.39 is 40.9 Å². The van der Waals surface area contributed by atoms with E-state index >= 15 is 0 Å². The summed E-state index contributed by atoms with van der Waals surface area (Å²) in [6.45, 7) is 13.2. The molecule has 0 aromatic carbocycles. The molecule has 3 fully saturated rings. The lowest BCUT2D eigenvalue weighted by Crippen LogP contribution is -2.66.